The zero-order valence-electron chi connectivity index (χ0n) is 17.5. The van der Waals surface area contributed by atoms with Crippen LogP contribution in [0.2, 0.25) is 5.02 Å². The zero-order valence-corrected chi connectivity index (χ0v) is 19.1. The van der Waals surface area contributed by atoms with E-state index >= 15 is 0 Å². The van der Waals surface area contributed by atoms with Gasteiger partial charge in [0, 0.05) is 22.2 Å². The Morgan fingerprint density at radius 3 is 2.53 bits per heavy atom. The molecule has 3 aromatic rings. The highest BCUT2D eigenvalue weighted by Crippen LogP contribution is 2.16. The SMILES string of the molecule is CC(=O)c1ccc(OC(C)C(=O)OCC(=O)N=c2sccn2Cc2ccccc2Cl)cc1. The molecule has 0 aliphatic carbocycles. The fourth-order valence-electron chi connectivity index (χ4n) is 2.73. The monoisotopic (exact) mass is 472 g/mol. The van der Waals surface area contributed by atoms with Crippen LogP contribution < -0.4 is 9.54 Å². The van der Waals surface area contributed by atoms with Gasteiger partial charge in [0.15, 0.2) is 23.3 Å². The van der Waals surface area contributed by atoms with E-state index < -0.39 is 24.6 Å². The third-order valence-corrected chi connectivity index (χ3v) is 5.59. The zero-order chi connectivity index (χ0) is 23.1. The third kappa shape index (κ3) is 6.38. The number of ketones is 1. The number of hydrogen-bond donors (Lipinski definition) is 0. The molecular formula is C23H21ClN2O5S. The van der Waals surface area contributed by atoms with Crippen LogP contribution in [0.25, 0.3) is 0 Å². The predicted molar refractivity (Wildman–Crippen MR) is 121 cm³/mol. The number of ether oxygens (including phenoxy) is 2. The van der Waals surface area contributed by atoms with Crippen LogP contribution in [0.15, 0.2) is 65.1 Å². The summed E-state index contributed by atoms with van der Waals surface area (Å²) in [6, 6.07) is 13.8. The number of amides is 1. The van der Waals surface area contributed by atoms with Crippen LogP contribution in [0, 0.1) is 0 Å². The average molecular weight is 473 g/mol. The third-order valence-electron chi connectivity index (χ3n) is 4.42. The smallest absolute Gasteiger partial charge is 0.347 e. The van der Waals surface area contributed by atoms with Crippen molar-refractivity contribution in [2.75, 3.05) is 6.61 Å². The molecule has 3 rings (SSSR count). The maximum atomic E-state index is 12.2. The molecule has 9 heteroatoms. The Bertz CT molecular complexity index is 1180. The Kier molecular flexibility index (Phi) is 7.97. The highest BCUT2D eigenvalue weighted by atomic mass is 35.5. The summed E-state index contributed by atoms with van der Waals surface area (Å²) in [4.78, 5) is 40.2. The van der Waals surface area contributed by atoms with Gasteiger partial charge < -0.3 is 14.0 Å². The molecule has 0 spiro atoms. The lowest BCUT2D eigenvalue weighted by Crippen LogP contribution is -2.28. The number of esters is 1. The summed E-state index contributed by atoms with van der Waals surface area (Å²) < 4.78 is 12.3. The van der Waals surface area contributed by atoms with Gasteiger partial charge in [-0.3, -0.25) is 9.59 Å². The van der Waals surface area contributed by atoms with Crippen molar-refractivity contribution in [2.45, 2.75) is 26.5 Å². The first-order valence-electron chi connectivity index (χ1n) is 9.72. The van der Waals surface area contributed by atoms with E-state index in [0.717, 1.165) is 5.56 Å². The van der Waals surface area contributed by atoms with Crippen molar-refractivity contribution in [3.05, 3.63) is 81.1 Å². The first-order valence-corrected chi connectivity index (χ1v) is 11.0. The van der Waals surface area contributed by atoms with Crippen LogP contribution in [-0.4, -0.2) is 34.9 Å². The van der Waals surface area contributed by atoms with E-state index in [9.17, 15) is 14.4 Å². The minimum Gasteiger partial charge on any atom is -0.479 e. The lowest BCUT2D eigenvalue weighted by Gasteiger charge is -2.13. The van der Waals surface area contributed by atoms with Crippen LogP contribution in [-0.2, 0) is 20.9 Å². The number of Topliss-reactive ketones (excluding diaryl/α,β-unsaturated/α-hetero) is 1. The minimum atomic E-state index is -0.933. The number of rotatable bonds is 8. The lowest BCUT2D eigenvalue weighted by molar-refractivity contribution is -0.154. The van der Waals surface area contributed by atoms with E-state index in [2.05, 4.69) is 4.99 Å². The average Bonchev–Trinajstić information content (AvgIpc) is 3.20. The molecule has 166 valence electrons. The van der Waals surface area contributed by atoms with Gasteiger partial charge in [-0.2, -0.15) is 4.99 Å². The molecule has 2 aromatic carbocycles. The molecule has 0 radical (unpaired) electrons. The fraction of sp³-hybridized carbons (Fsp3) is 0.217. The molecule has 0 bridgehead atoms. The molecule has 0 fully saturated rings. The Labute approximate surface area is 193 Å². The van der Waals surface area contributed by atoms with Crippen LogP contribution in [0.1, 0.15) is 29.8 Å². The minimum absolute atomic E-state index is 0.0646. The second-order valence-corrected chi connectivity index (χ2v) is 8.14. The highest BCUT2D eigenvalue weighted by Gasteiger charge is 2.18. The summed E-state index contributed by atoms with van der Waals surface area (Å²) in [5, 5.41) is 2.43. The Morgan fingerprint density at radius 1 is 1.12 bits per heavy atom. The second kappa shape index (κ2) is 10.9. The van der Waals surface area contributed by atoms with Crippen LogP contribution in [0.3, 0.4) is 0 Å². The fourth-order valence-corrected chi connectivity index (χ4v) is 3.67. The van der Waals surface area contributed by atoms with Crippen LogP contribution >= 0.6 is 22.9 Å². The number of carbonyl (C=O) groups is 3. The van der Waals surface area contributed by atoms with Gasteiger partial charge in [0.2, 0.25) is 0 Å². The largest absolute Gasteiger partial charge is 0.479 e. The van der Waals surface area contributed by atoms with Gasteiger partial charge in [-0.25, -0.2) is 4.79 Å². The molecule has 0 saturated carbocycles. The van der Waals surface area contributed by atoms with Crippen molar-refractivity contribution in [2.24, 2.45) is 4.99 Å². The van der Waals surface area contributed by atoms with Crippen molar-refractivity contribution in [3.63, 3.8) is 0 Å². The number of thiazole rings is 1. The molecule has 0 aliphatic heterocycles. The van der Waals surface area contributed by atoms with Gasteiger partial charge >= 0.3 is 5.97 Å². The van der Waals surface area contributed by atoms with Crippen molar-refractivity contribution in [1.82, 2.24) is 4.57 Å². The number of halogens is 1. The number of carbonyl (C=O) groups excluding carboxylic acids is 3. The maximum Gasteiger partial charge on any atom is 0.347 e. The highest BCUT2D eigenvalue weighted by molar-refractivity contribution is 7.07. The van der Waals surface area contributed by atoms with Gasteiger partial charge in [-0.15, -0.1) is 11.3 Å². The van der Waals surface area contributed by atoms with Crippen molar-refractivity contribution in [1.29, 1.82) is 0 Å². The van der Waals surface area contributed by atoms with E-state index in [4.69, 9.17) is 21.1 Å². The van der Waals surface area contributed by atoms with Crippen molar-refractivity contribution < 1.29 is 23.9 Å². The standard InChI is InChI=1S/C23H21ClN2O5S/c1-15(27)17-7-9-19(10-8-17)31-16(2)22(29)30-14-21(28)25-23-26(11-12-32-23)13-18-5-3-4-6-20(18)24/h3-12,16H,13-14H2,1-2H3. The predicted octanol–water partition coefficient (Wildman–Crippen LogP) is 3.89. The van der Waals surface area contributed by atoms with Crippen molar-refractivity contribution in [3.8, 4) is 5.75 Å². The van der Waals surface area contributed by atoms with E-state index in [1.54, 1.807) is 41.1 Å². The number of hydrogen-bond acceptors (Lipinski definition) is 6. The maximum absolute atomic E-state index is 12.2. The van der Waals surface area contributed by atoms with E-state index in [1.165, 1.54) is 25.2 Å². The van der Waals surface area contributed by atoms with E-state index in [-0.39, 0.29) is 5.78 Å². The Morgan fingerprint density at radius 2 is 1.84 bits per heavy atom. The summed E-state index contributed by atoms with van der Waals surface area (Å²) in [5.74, 6) is -0.939. The molecule has 0 N–H and O–H groups in total. The molecule has 0 aliphatic rings. The normalized spacial score (nSPS) is 12.3. The Hall–Kier alpha value is -3.23. The molecule has 1 aromatic heterocycles. The molecule has 1 unspecified atom stereocenters. The van der Waals surface area contributed by atoms with Gasteiger partial charge in [0.25, 0.3) is 5.91 Å². The first kappa shape index (κ1) is 23.4. The molecular weight excluding hydrogens is 452 g/mol. The number of benzene rings is 2. The molecule has 1 heterocycles. The molecule has 1 amide bonds. The lowest BCUT2D eigenvalue weighted by atomic mass is 10.1. The second-order valence-electron chi connectivity index (χ2n) is 6.86. The van der Waals surface area contributed by atoms with Crippen LogP contribution in [0.4, 0.5) is 0 Å². The topological polar surface area (TPSA) is 87.0 Å². The number of nitrogens with zero attached hydrogens (tertiary/aromatic N) is 2. The summed E-state index contributed by atoms with van der Waals surface area (Å²) in [5.41, 5.74) is 1.44. The van der Waals surface area contributed by atoms with E-state index in [1.807, 2.05) is 23.6 Å². The summed E-state index contributed by atoms with van der Waals surface area (Å²) in [6.07, 6.45) is 0.872. The molecule has 32 heavy (non-hydrogen) atoms. The Balaban J connectivity index is 1.56. The van der Waals surface area contributed by atoms with Crippen LogP contribution in [0.5, 0.6) is 5.75 Å². The molecule has 0 saturated heterocycles. The molecule has 7 nitrogen and oxygen atoms in total. The number of aromatic nitrogens is 1. The summed E-state index contributed by atoms with van der Waals surface area (Å²) in [7, 11) is 0. The van der Waals surface area contributed by atoms with Gasteiger partial charge in [0.1, 0.15) is 5.75 Å². The van der Waals surface area contributed by atoms with Gasteiger partial charge in [-0.05, 0) is 49.7 Å². The molecule has 1 atom stereocenters. The van der Waals surface area contributed by atoms with Gasteiger partial charge in [0.05, 0.1) is 6.54 Å². The van der Waals surface area contributed by atoms with Gasteiger partial charge in [-0.1, -0.05) is 29.8 Å². The van der Waals surface area contributed by atoms with E-state index in [0.29, 0.717) is 27.7 Å². The summed E-state index contributed by atoms with van der Waals surface area (Å²) in [6.45, 7) is 2.94. The first-order chi connectivity index (χ1) is 15.3. The quantitative estimate of drug-likeness (QED) is 0.366. The van der Waals surface area contributed by atoms with Crippen molar-refractivity contribution >= 4 is 40.6 Å². The summed E-state index contributed by atoms with van der Waals surface area (Å²) >= 11 is 7.49.